The second-order valence-corrected chi connectivity index (χ2v) is 6.92. The minimum absolute atomic E-state index is 0.225. The van der Waals surface area contributed by atoms with Crippen molar-refractivity contribution in [2.24, 2.45) is 0 Å². The summed E-state index contributed by atoms with van der Waals surface area (Å²) in [6.45, 7) is 0. The van der Waals surface area contributed by atoms with E-state index < -0.39 is 0 Å². The molecule has 0 spiro atoms. The first-order chi connectivity index (χ1) is 16.1. The Kier molecular flexibility index (Phi) is 6.40. The number of anilines is 2. The first-order valence-electron chi connectivity index (χ1n) is 10.1. The molecule has 0 aliphatic rings. The Balaban J connectivity index is 1.58. The molecule has 3 aromatic carbocycles. The molecule has 0 atom stereocenters. The normalized spacial score (nSPS) is 10.4. The van der Waals surface area contributed by atoms with E-state index in [9.17, 15) is 4.79 Å². The van der Waals surface area contributed by atoms with Crippen molar-refractivity contribution in [2.75, 3.05) is 32.0 Å². The predicted molar refractivity (Wildman–Crippen MR) is 126 cm³/mol. The molecule has 0 saturated carbocycles. The number of amides is 2. The number of urea groups is 1. The number of benzene rings is 3. The maximum atomic E-state index is 12.5. The smallest absolute Gasteiger partial charge is 0.336 e. The van der Waals surface area contributed by atoms with Crippen LogP contribution in [0.3, 0.4) is 0 Å². The van der Waals surface area contributed by atoms with Crippen LogP contribution in [0, 0.1) is 0 Å². The van der Waals surface area contributed by atoms with Gasteiger partial charge in [0.25, 0.3) is 0 Å². The van der Waals surface area contributed by atoms with Gasteiger partial charge in [0.2, 0.25) is 0 Å². The lowest BCUT2D eigenvalue weighted by Gasteiger charge is -2.11. The van der Waals surface area contributed by atoms with Crippen LogP contribution in [0.5, 0.6) is 17.5 Å². The van der Waals surface area contributed by atoms with Gasteiger partial charge in [-0.05, 0) is 54.6 Å². The van der Waals surface area contributed by atoms with Crippen LogP contribution in [0.15, 0.2) is 72.8 Å². The molecule has 2 N–H and O–H groups in total. The van der Waals surface area contributed by atoms with Crippen LogP contribution in [0.4, 0.5) is 16.2 Å². The minimum atomic E-state index is -0.374. The maximum absolute atomic E-state index is 12.5. The summed E-state index contributed by atoms with van der Waals surface area (Å²) in [5.74, 6) is 1.99. The quantitative estimate of drug-likeness (QED) is 0.431. The molecule has 2 amide bonds. The van der Waals surface area contributed by atoms with E-state index in [1.165, 1.54) is 7.11 Å². The predicted octanol–water partition coefficient (Wildman–Crippen LogP) is 4.60. The van der Waals surface area contributed by atoms with E-state index in [1.54, 1.807) is 55.3 Å². The van der Waals surface area contributed by atoms with E-state index >= 15 is 0 Å². The Morgan fingerprint density at radius 3 is 2.24 bits per heavy atom. The summed E-state index contributed by atoms with van der Waals surface area (Å²) in [6.07, 6.45) is 0. The van der Waals surface area contributed by atoms with Gasteiger partial charge in [-0.2, -0.15) is 4.98 Å². The summed E-state index contributed by atoms with van der Waals surface area (Å²) in [5, 5.41) is 10.1. The molecule has 9 heteroatoms. The van der Waals surface area contributed by atoms with Gasteiger partial charge in [0.05, 0.1) is 27.0 Å². The average Bonchev–Trinajstić information content (AvgIpc) is 3.29. The molecule has 0 bridgehead atoms. The highest BCUT2D eigenvalue weighted by Crippen LogP contribution is 2.27. The number of ether oxygens (including phenoxy) is 3. The Morgan fingerprint density at radius 2 is 1.52 bits per heavy atom. The molecule has 9 nitrogen and oxygen atoms in total. The zero-order chi connectivity index (χ0) is 23.2. The first kappa shape index (κ1) is 21.7. The average molecular weight is 445 g/mol. The Bertz CT molecular complexity index is 1250. The van der Waals surface area contributed by atoms with Gasteiger partial charge in [-0.15, -0.1) is 5.10 Å². The van der Waals surface area contributed by atoms with Crippen LogP contribution in [0.1, 0.15) is 0 Å². The molecule has 33 heavy (non-hydrogen) atoms. The summed E-state index contributed by atoms with van der Waals surface area (Å²) in [5.41, 5.74) is 2.74. The van der Waals surface area contributed by atoms with Crippen LogP contribution in [-0.2, 0) is 0 Å². The van der Waals surface area contributed by atoms with E-state index in [4.69, 9.17) is 14.2 Å². The van der Waals surface area contributed by atoms with E-state index in [0.717, 1.165) is 5.56 Å². The minimum Gasteiger partial charge on any atom is -0.497 e. The monoisotopic (exact) mass is 445 g/mol. The van der Waals surface area contributed by atoms with Gasteiger partial charge >= 0.3 is 12.0 Å². The summed E-state index contributed by atoms with van der Waals surface area (Å²) < 4.78 is 17.4. The van der Waals surface area contributed by atoms with Crippen LogP contribution in [-0.4, -0.2) is 42.1 Å². The van der Waals surface area contributed by atoms with Gasteiger partial charge in [-0.3, -0.25) is 0 Å². The number of carbonyl (C=O) groups is 1. The SMILES string of the molecule is COc1ccc(NC(=O)Nc2cccc(-n3nc(OC)nc3-c3cccc(OC)c3)c2)cc1. The third kappa shape index (κ3) is 5.04. The molecule has 0 fully saturated rings. The van der Waals surface area contributed by atoms with Crippen molar-refractivity contribution < 1.29 is 19.0 Å². The highest BCUT2D eigenvalue weighted by molar-refractivity contribution is 5.99. The molecule has 0 aliphatic carbocycles. The zero-order valence-corrected chi connectivity index (χ0v) is 18.4. The number of nitrogens with zero attached hydrogens (tertiary/aromatic N) is 3. The van der Waals surface area contributed by atoms with Crippen molar-refractivity contribution in [3.05, 3.63) is 72.8 Å². The number of hydrogen-bond acceptors (Lipinski definition) is 6. The third-order valence-corrected chi connectivity index (χ3v) is 4.79. The molecular weight excluding hydrogens is 422 g/mol. The molecule has 4 aromatic rings. The fraction of sp³-hybridized carbons (Fsp3) is 0.125. The second kappa shape index (κ2) is 9.73. The number of carbonyl (C=O) groups excluding carboxylic acids is 1. The van der Waals surface area contributed by atoms with Gasteiger partial charge in [-0.25, -0.2) is 9.48 Å². The first-order valence-corrected chi connectivity index (χ1v) is 10.1. The van der Waals surface area contributed by atoms with Crippen LogP contribution in [0.25, 0.3) is 17.1 Å². The highest BCUT2D eigenvalue weighted by atomic mass is 16.5. The number of nitrogens with one attached hydrogen (secondary N) is 2. The number of aromatic nitrogens is 3. The summed E-state index contributed by atoms with van der Waals surface area (Å²) in [6, 6.07) is 21.7. The fourth-order valence-electron chi connectivity index (χ4n) is 3.19. The Morgan fingerprint density at radius 1 is 0.788 bits per heavy atom. The van der Waals surface area contributed by atoms with E-state index in [-0.39, 0.29) is 12.0 Å². The topological polar surface area (TPSA) is 99.5 Å². The third-order valence-electron chi connectivity index (χ3n) is 4.79. The Labute approximate surface area is 190 Å². The molecule has 4 rings (SSSR count). The standard InChI is InChI=1S/C24H23N5O4/c1-31-20-12-10-17(11-13-20)25-23(30)26-18-7-5-8-19(15-18)29-22(27-24(28-29)33-3)16-6-4-9-21(14-16)32-2/h4-15H,1-3H3,(H2,25,26,30). The molecule has 1 aromatic heterocycles. The van der Waals surface area contributed by atoms with Crippen molar-refractivity contribution in [1.82, 2.24) is 14.8 Å². The number of hydrogen-bond donors (Lipinski definition) is 2. The van der Waals surface area contributed by atoms with Gasteiger partial charge in [0.1, 0.15) is 11.5 Å². The lowest BCUT2D eigenvalue weighted by Crippen LogP contribution is -2.19. The van der Waals surface area contributed by atoms with E-state index in [2.05, 4.69) is 20.7 Å². The fourth-order valence-corrected chi connectivity index (χ4v) is 3.19. The summed E-state index contributed by atoms with van der Waals surface area (Å²) >= 11 is 0. The van der Waals surface area contributed by atoms with Crippen molar-refractivity contribution in [1.29, 1.82) is 0 Å². The van der Waals surface area contributed by atoms with Crippen LogP contribution < -0.4 is 24.8 Å². The molecule has 0 radical (unpaired) electrons. The molecule has 1 heterocycles. The van der Waals surface area contributed by atoms with Crippen molar-refractivity contribution in [2.45, 2.75) is 0 Å². The molecular formula is C24H23N5O4. The van der Waals surface area contributed by atoms with Crippen LogP contribution in [0.2, 0.25) is 0 Å². The van der Waals surface area contributed by atoms with Crippen molar-refractivity contribution in [3.8, 4) is 34.6 Å². The van der Waals surface area contributed by atoms with Crippen molar-refractivity contribution >= 4 is 17.4 Å². The lowest BCUT2D eigenvalue weighted by molar-refractivity contribution is 0.262. The van der Waals surface area contributed by atoms with Gasteiger partial charge in [0.15, 0.2) is 5.82 Å². The molecule has 168 valence electrons. The molecule has 0 aliphatic heterocycles. The summed E-state index contributed by atoms with van der Waals surface area (Å²) in [7, 11) is 4.71. The van der Waals surface area contributed by atoms with Gasteiger partial charge in [0, 0.05) is 16.9 Å². The molecule has 0 unspecified atom stereocenters. The Hall–Kier alpha value is -4.53. The number of rotatable bonds is 7. The van der Waals surface area contributed by atoms with Gasteiger partial charge in [-0.1, -0.05) is 18.2 Å². The zero-order valence-electron chi connectivity index (χ0n) is 18.4. The van der Waals surface area contributed by atoms with Gasteiger partial charge < -0.3 is 24.8 Å². The van der Waals surface area contributed by atoms with Crippen LogP contribution >= 0.6 is 0 Å². The maximum Gasteiger partial charge on any atom is 0.336 e. The largest absolute Gasteiger partial charge is 0.497 e. The van der Waals surface area contributed by atoms with E-state index in [0.29, 0.717) is 34.4 Å². The highest BCUT2D eigenvalue weighted by Gasteiger charge is 2.15. The molecule has 0 saturated heterocycles. The second-order valence-electron chi connectivity index (χ2n) is 6.92. The van der Waals surface area contributed by atoms with Crippen molar-refractivity contribution in [3.63, 3.8) is 0 Å². The number of methoxy groups -OCH3 is 3. The summed E-state index contributed by atoms with van der Waals surface area (Å²) in [4.78, 5) is 16.9. The lowest BCUT2D eigenvalue weighted by atomic mass is 10.2. The van der Waals surface area contributed by atoms with E-state index in [1.807, 2.05) is 36.4 Å².